The van der Waals surface area contributed by atoms with Gasteiger partial charge in [0.05, 0.1) is 6.54 Å². The maximum Gasteiger partial charge on any atom is 0.331 e. The van der Waals surface area contributed by atoms with Crippen LogP contribution >= 0.6 is 0 Å². The summed E-state index contributed by atoms with van der Waals surface area (Å²) in [5.41, 5.74) is -0.924. The van der Waals surface area contributed by atoms with E-state index in [1.54, 1.807) is 0 Å². The Morgan fingerprint density at radius 3 is 3.00 bits per heavy atom. The fourth-order valence-electron chi connectivity index (χ4n) is 2.47. The van der Waals surface area contributed by atoms with Gasteiger partial charge < -0.3 is 9.88 Å². The minimum absolute atomic E-state index is 0.145. The molecule has 3 heterocycles. The summed E-state index contributed by atoms with van der Waals surface area (Å²) >= 11 is 0. The van der Waals surface area contributed by atoms with E-state index in [1.165, 1.54) is 23.9 Å². The Morgan fingerprint density at radius 2 is 2.18 bits per heavy atom. The first-order chi connectivity index (χ1) is 10.6. The number of hydrogen-bond donors (Lipinski definition) is 1. The second-order valence-corrected chi connectivity index (χ2v) is 5.19. The van der Waals surface area contributed by atoms with E-state index in [9.17, 15) is 14.4 Å². The van der Waals surface area contributed by atoms with E-state index >= 15 is 0 Å². The van der Waals surface area contributed by atoms with Crippen molar-refractivity contribution in [3.05, 3.63) is 44.8 Å². The monoisotopic (exact) mass is 304 g/mol. The molecule has 3 rings (SSSR count). The lowest BCUT2D eigenvalue weighted by Gasteiger charge is -2.08. The minimum Gasteiger partial charge on any atom is -0.347 e. The highest BCUT2D eigenvalue weighted by molar-refractivity contribution is 5.75. The molecular formula is C13H16N6O3. The number of aryl methyl sites for hydroxylation is 1. The third-order valence-corrected chi connectivity index (χ3v) is 3.70. The van der Waals surface area contributed by atoms with Gasteiger partial charge in [-0.3, -0.25) is 18.7 Å². The van der Waals surface area contributed by atoms with Crippen LogP contribution in [-0.4, -0.2) is 29.8 Å². The van der Waals surface area contributed by atoms with Gasteiger partial charge in [0.1, 0.15) is 12.4 Å². The molecule has 0 unspecified atom stereocenters. The number of amides is 1. The molecule has 0 fully saturated rings. The Labute approximate surface area is 125 Å². The molecule has 1 aliphatic rings. The summed E-state index contributed by atoms with van der Waals surface area (Å²) in [5.74, 6) is 1.34. The van der Waals surface area contributed by atoms with E-state index in [0.29, 0.717) is 5.82 Å². The molecule has 2 aromatic heterocycles. The molecule has 0 aliphatic carbocycles. The summed E-state index contributed by atoms with van der Waals surface area (Å²) in [6, 6.07) is 1.25. The molecule has 0 spiro atoms. The first-order valence-corrected chi connectivity index (χ1v) is 7.00. The second-order valence-electron chi connectivity index (χ2n) is 5.19. The average Bonchev–Trinajstić information content (AvgIpc) is 3.09. The van der Waals surface area contributed by atoms with Gasteiger partial charge >= 0.3 is 5.69 Å². The summed E-state index contributed by atoms with van der Waals surface area (Å²) < 4.78 is 4.14. The van der Waals surface area contributed by atoms with Gasteiger partial charge in [-0.25, -0.2) is 4.79 Å². The number of carbonyl (C=O) groups is 1. The highest BCUT2D eigenvalue weighted by atomic mass is 16.2. The molecule has 0 saturated heterocycles. The molecule has 0 bridgehead atoms. The summed E-state index contributed by atoms with van der Waals surface area (Å²) in [6.07, 6.45) is 3.27. The SMILES string of the molecule is Cn1c(=O)ccn(CC(=O)NCc2nnc3n2CCC3)c1=O. The molecule has 22 heavy (non-hydrogen) atoms. The molecule has 0 radical (unpaired) electrons. The Balaban J connectivity index is 1.65. The highest BCUT2D eigenvalue weighted by Gasteiger charge is 2.17. The van der Waals surface area contributed by atoms with Crippen molar-refractivity contribution in [3.8, 4) is 0 Å². The lowest BCUT2D eigenvalue weighted by Crippen LogP contribution is -2.40. The van der Waals surface area contributed by atoms with Gasteiger partial charge in [0, 0.05) is 32.3 Å². The molecule has 9 nitrogen and oxygen atoms in total. The third kappa shape index (κ3) is 2.57. The molecule has 1 N–H and O–H groups in total. The molecule has 1 amide bonds. The molecule has 0 aromatic carbocycles. The predicted octanol–water partition coefficient (Wildman–Crippen LogP) is -1.60. The Kier molecular flexibility index (Phi) is 3.61. The summed E-state index contributed by atoms with van der Waals surface area (Å²) in [5, 5.41) is 10.8. The largest absolute Gasteiger partial charge is 0.347 e. The van der Waals surface area contributed by atoms with Crippen molar-refractivity contribution in [2.24, 2.45) is 7.05 Å². The number of carbonyl (C=O) groups excluding carboxylic acids is 1. The van der Waals surface area contributed by atoms with Gasteiger partial charge in [0.15, 0.2) is 5.82 Å². The average molecular weight is 304 g/mol. The van der Waals surface area contributed by atoms with Gasteiger partial charge in [-0.15, -0.1) is 10.2 Å². The molecule has 1 aliphatic heterocycles. The maximum atomic E-state index is 11.9. The molecule has 2 aromatic rings. The molecule has 0 saturated carbocycles. The Morgan fingerprint density at radius 1 is 1.36 bits per heavy atom. The van der Waals surface area contributed by atoms with Gasteiger partial charge in [-0.1, -0.05) is 0 Å². The van der Waals surface area contributed by atoms with Crippen LogP contribution in [0.1, 0.15) is 18.1 Å². The third-order valence-electron chi connectivity index (χ3n) is 3.70. The standard InChI is InChI=1S/C13H16N6O3/c1-17-12(21)4-6-18(13(17)22)8-11(20)14-7-10-16-15-9-3-2-5-19(9)10/h4,6H,2-3,5,7-8H2,1H3,(H,14,20). The number of nitrogens with one attached hydrogen (secondary N) is 1. The van der Waals surface area contributed by atoms with Crippen LogP contribution in [-0.2, 0) is 37.9 Å². The van der Waals surface area contributed by atoms with Crippen molar-refractivity contribution in [1.29, 1.82) is 0 Å². The van der Waals surface area contributed by atoms with E-state index in [1.807, 2.05) is 4.57 Å². The topological polar surface area (TPSA) is 104 Å². The minimum atomic E-state index is -0.522. The van der Waals surface area contributed by atoms with Gasteiger partial charge in [0.25, 0.3) is 5.56 Å². The van der Waals surface area contributed by atoms with Gasteiger partial charge in [-0.2, -0.15) is 0 Å². The quantitative estimate of drug-likeness (QED) is 0.733. The lowest BCUT2D eigenvalue weighted by molar-refractivity contribution is -0.121. The van der Waals surface area contributed by atoms with Crippen LogP contribution in [0.3, 0.4) is 0 Å². The van der Waals surface area contributed by atoms with E-state index in [2.05, 4.69) is 15.5 Å². The van der Waals surface area contributed by atoms with Crippen molar-refractivity contribution in [3.63, 3.8) is 0 Å². The van der Waals surface area contributed by atoms with E-state index in [4.69, 9.17) is 0 Å². The lowest BCUT2D eigenvalue weighted by atomic mass is 10.4. The van der Waals surface area contributed by atoms with Crippen molar-refractivity contribution in [2.45, 2.75) is 32.5 Å². The fraction of sp³-hybridized carbons (Fsp3) is 0.462. The van der Waals surface area contributed by atoms with Gasteiger partial charge in [-0.05, 0) is 6.42 Å². The van der Waals surface area contributed by atoms with Crippen molar-refractivity contribution >= 4 is 5.91 Å². The van der Waals surface area contributed by atoms with Crippen LogP contribution in [0.2, 0.25) is 0 Å². The maximum absolute atomic E-state index is 11.9. The number of nitrogens with zero attached hydrogens (tertiary/aromatic N) is 5. The number of hydrogen-bond acceptors (Lipinski definition) is 5. The summed E-state index contributed by atoms with van der Waals surface area (Å²) in [4.78, 5) is 35.1. The van der Waals surface area contributed by atoms with Gasteiger partial charge in [0.2, 0.25) is 5.91 Å². The van der Waals surface area contributed by atoms with Crippen molar-refractivity contribution in [2.75, 3.05) is 0 Å². The smallest absolute Gasteiger partial charge is 0.331 e. The zero-order valence-corrected chi connectivity index (χ0v) is 12.2. The van der Waals surface area contributed by atoms with Crippen LogP contribution in [0.15, 0.2) is 21.9 Å². The highest BCUT2D eigenvalue weighted by Crippen LogP contribution is 2.13. The van der Waals surface area contributed by atoms with Crippen LogP contribution < -0.4 is 16.6 Å². The Bertz CT molecular complexity index is 831. The number of aromatic nitrogens is 5. The number of fused-ring (bicyclic) bond motifs is 1. The van der Waals surface area contributed by atoms with E-state index < -0.39 is 11.2 Å². The van der Waals surface area contributed by atoms with E-state index in [-0.39, 0.29) is 19.0 Å². The molecule has 9 heteroatoms. The zero-order valence-electron chi connectivity index (χ0n) is 12.2. The van der Waals surface area contributed by atoms with Crippen molar-refractivity contribution in [1.82, 2.24) is 29.2 Å². The summed E-state index contributed by atoms with van der Waals surface area (Å²) in [7, 11) is 1.37. The summed E-state index contributed by atoms with van der Waals surface area (Å²) in [6.45, 7) is 0.994. The normalized spacial score (nSPS) is 13.1. The van der Waals surface area contributed by atoms with Crippen LogP contribution in [0.25, 0.3) is 0 Å². The zero-order chi connectivity index (χ0) is 15.7. The van der Waals surface area contributed by atoms with Crippen molar-refractivity contribution < 1.29 is 4.79 Å². The Hall–Kier alpha value is -2.71. The molecule has 0 atom stereocenters. The predicted molar refractivity (Wildman–Crippen MR) is 76.1 cm³/mol. The number of rotatable bonds is 4. The van der Waals surface area contributed by atoms with Crippen LogP contribution in [0, 0.1) is 0 Å². The first kappa shape index (κ1) is 14.2. The molecule has 116 valence electrons. The molecular weight excluding hydrogens is 288 g/mol. The van der Waals surface area contributed by atoms with Crippen LogP contribution in [0.4, 0.5) is 0 Å². The fourth-order valence-corrected chi connectivity index (χ4v) is 2.47. The van der Waals surface area contributed by atoms with E-state index in [0.717, 1.165) is 29.8 Å². The van der Waals surface area contributed by atoms with Crippen LogP contribution in [0.5, 0.6) is 0 Å². The second kappa shape index (κ2) is 5.58. The first-order valence-electron chi connectivity index (χ1n) is 7.00.